The van der Waals surface area contributed by atoms with Crippen molar-refractivity contribution in [2.75, 3.05) is 6.61 Å². The second-order valence-electron chi connectivity index (χ2n) is 6.77. The minimum atomic E-state index is -4.45. The Kier molecular flexibility index (Phi) is 5.42. The summed E-state index contributed by atoms with van der Waals surface area (Å²) < 4.78 is 47.5. The Bertz CT molecular complexity index is 1080. The smallest absolute Gasteiger partial charge is 0.422 e. The van der Waals surface area contributed by atoms with E-state index in [1.807, 2.05) is 6.07 Å². The highest BCUT2D eigenvalue weighted by atomic mass is 19.4. The van der Waals surface area contributed by atoms with E-state index in [-0.39, 0.29) is 22.8 Å². The molecule has 0 bridgehead atoms. The van der Waals surface area contributed by atoms with Gasteiger partial charge in [0.2, 0.25) is 0 Å². The highest BCUT2D eigenvalue weighted by Crippen LogP contribution is 2.39. The molecule has 0 radical (unpaired) electrons. The molecule has 0 aliphatic rings. The summed E-state index contributed by atoms with van der Waals surface area (Å²) in [5, 5.41) is 10.8. The van der Waals surface area contributed by atoms with Crippen LogP contribution in [0, 0.1) is 20.8 Å². The van der Waals surface area contributed by atoms with Crippen LogP contribution in [0.1, 0.15) is 16.7 Å². The first kappa shape index (κ1) is 20.5. The molecule has 0 saturated heterocycles. The van der Waals surface area contributed by atoms with Gasteiger partial charge in [0, 0.05) is 11.1 Å². The summed E-state index contributed by atoms with van der Waals surface area (Å²) in [6.07, 6.45) is -4.45. The number of aromatic hydroxyl groups is 1. The van der Waals surface area contributed by atoms with Gasteiger partial charge in [-0.3, -0.25) is 0 Å². The molecular weight excluding hydrogens is 385 g/mol. The van der Waals surface area contributed by atoms with Crippen molar-refractivity contribution in [3.63, 3.8) is 0 Å². The van der Waals surface area contributed by atoms with E-state index in [1.54, 1.807) is 45.0 Å². The molecule has 0 amide bonds. The lowest BCUT2D eigenvalue weighted by Crippen LogP contribution is -2.19. The van der Waals surface area contributed by atoms with Gasteiger partial charge in [-0.25, -0.2) is 4.79 Å². The van der Waals surface area contributed by atoms with Crippen LogP contribution in [0.15, 0.2) is 51.7 Å². The molecule has 0 spiro atoms. The average molecular weight is 404 g/mol. The van der Waals surface area contributed by atoms with Crippen LogP contribution in [0.2, 0.25) is 0 Å². The molecule has 3 aromatic rings. The number of hydrogen-bond donors (Lipinski definition) is 1. The normalized spacial score (nSPS) is 11.5. The molecule has 7 heteroatoms. The maximum atomic E-state index is 12.7. The highest BCUT2D eigenvalue weighted by Gasteiger charge is 2.29. The van der Waals surface area contributed by atoms with Crippen molar-refractivity contribution < 1.29 is 27.4 Å². The number of halogens is 3. The van der Waals surface area contributed by atoms with Crippen molar-refractivity contribution in [3.05, 3.63) is 69.6 Å². The molecule has 1 aromatic heterocycles. The van der Waals surface area contributed by atoms with Gasteiger partial charge in [-0.05, 0) is 49.6 Å². The Hall–Kier alpha value is -3.22. The van der Waals surface area contributed by atoms with Crippen molar-refractivity contribution in [3.8, 4) is 33.9 Å². The second-order valence-corrected chi connectivity index (χ2v) is 6.77. The summed E-state index contributed by atoms with van der Waals surface area (Å²) in [5.41, 5.74) is 1.64. The Morgan fingerprint density at radius 1 is 1.00 bits per heavy atom. The molecule has 0 aliphatic heterocycles. The molecule has 0 unspecified atom stereocenters. The third-order valence-electron chi connectivity index (χ3n) is 4.53. The van der Waals surface area contributed by atoms with E-state index in [0.29, 0.717) is 27.8 Å². The summed E-state index contributed by atoms with van der Waals surface area (Å²) >= 11 is 0. The minimum Gasteiger partial charge on any atom is -0.507 e. The predicted octanol–water partition coefficient (Wildman–Crippen LogP) is 5.55. The molecule has 0 saturated carbocycles. The summed E-state index contributed by atoms with van der Waals surface area (Å²) in [6.45, 7) is 3.48. The number of rotatable bonds is 4. The highest BCUT2D eigenvalue weighted by molar-refractivity contribution is 5.79. The number of ether oxygens (including phenoxy) is 1. The SMILES string of the molecule is Cc1cc(OCC(F)(F)F)cc(C)c1-c1c(O)c(C)c(-c2ccccc2)oc1=O. The van der Waals surface area contributed by atoms with Crippen LogP contribution in [0.4, 0.5) is 13.2 Å². The van der Waals surface area contributed by atoms with Crippen molar-refractivity contribution >= 4 is 0 Å². The van der Waals surface area contributed by atoms with Crippen molar-refractivity contribution in [2.45, 2.75) is 26.9 Å². The molecule has 0 atom stereocenters. The van der Waals surface area contributed by atoms with Gasteiger partial charge in [0.25, 0.3) is 0 Å². The standard InChI is InChI=1S/C22H19F3O4/c1-12-9-16(28-11-22(23,24)25)10-13(2)17(12)18-19(26)14(3)20(29-21(18)27)15-7-5-4-6-8-15/h4-10,26H,11H2,1-3H3. The monoisotopic (exact) mass is 404 g/mol. The minimum absolute atomic E-state index is 0.0282. The number of hydrogen-bond acceptors (Lipinski definition) is 4. The van der Waals surface area contributed by atoms with E-state index >= 15 is 0 Å². The Balaban J connectivity index is 2.10. The van der Waals surface area contributed by atoms with Gasteiger partial charge < -0.3 is 14.3 Å². The first-order chi connectivity index (χ1) is 13.6. The van der Waals surface area contributed by atoms with Crippen LogP contribution >= 0.6 is 0 Å². The van der Waals surface area contributed by atoms with Crippen LogP contribution < -0.4 is 10.4 Å². The quantitative estimate of drug-likeness (QED) is 0.620. The molecule has 152 valence electrons. The maximum Gasteiger partial charge on any atom is 0.422 e. The first-order valence-electron chi connectivity index (χ1n) is 8.81. The Labute approximate surface area is 165 Å². The predicted molar refractivity (Wildman–Crippen MR) is 103 cm³/mol. The van der Waals surface area contributed by atoms with Gasteiger partial charge in [0.05, 0.1) is 0 Å². The summed E-state index contributed by atoms with van der Waals surface area (Å²) in [6, 6.07) is 11.7. The van der Waals surface area contributed by atoms with E-state index < -0.39 is 18.4 Å². The van der Waals surface area contributed by atoms with Crippen LogP contribution in [-0.4, -0.2) is 17.9 Å². The zero-order valence-electron chi connectivity index (χ0n) is 16.1. The second kappa shape index (κ2) is 7.66. The number of aryl methyl sites for hydroxylation is 2. The maximum absolute atomic E-state index is 12.7. The Morgan fingerprint density at radius 2 is 1.59 bits per heavy atom. The molecule has 0 fully saturated rings. The average Bonchev–Trinajstić information content (AvgIpc) is 2.65. The molecule has 29 heavy (non-hydrogen) atoms. The third kappa shape index (κ3) is 4.29. The zero-order valence-corrected chi connectivity index (χ0v) is 16.1. The number of alkyl halides is 3. The van der Waals surface area contributed by atoms with E-state index in [9.17, 15) is 23.1 Å². The fraction of sp³-hybridized carbons (Fsp3) is 0.227. The van der Waals surface area contributed by atoms with Crippen LogP contribution in [0.25, 0.3) is 22.5 Å². The van der Waals surface area contributed by atoms with Crippen molar-refractivity contribution in [2.24, 2.45) is 0 Å². The van der Waals surface area contributed by atoms with Gasteiger partial charge in [0.1, 0.15) is 22.8 Å². The lowest BCUT2D eigenvalue weighted by atomic mass is 9.94. The van der Waals surface area contributed by atoms with E-state index in [0.717, 1.165) is 0 Å². The van der Waals surface area contributed by atoms with Crippen LogP contribution in [0.5, 0.6) is 11.5 Å². The summed E-state index contributed by atoms with van der Waals surface area (Å²) in [5.74, 6) is 0.0649. The molecule has 4 nitrogen and oxygen atoms in total. The number of benzene rings is 2. The van der Waals surface area contributed by atoms with E-state index in [4.69, 9.17) is 9.15 Å². The summed E-state index contributed by atoms with van der Waals surface area (Å²) in [4.78, 5) is 12.7. The van der Waals surface area contributed by atoms with Gasteiger partial charge >= 0.3 is 11.8 Å². The first-order valence-corrected chi connectivity index (χ1v) is 8.81. The largest absolute Gasteiger partial charge is 0.507 e. The van der Waals surface area contributed by atoms with Crippen LogP contribution in [-0.2, 0) is 0 Å². The molecule has 1 heterocycles. The van der Waals surface area contributed by atoms with E-state index in [2.05, 4.69) is 0 Å². The summed E-state index contributed by atoms with van der Waals surface area (Å²) in [7, 11) is 0. The third-order valence-corrected chi connectivity index (χ3v) is 4.53. The molecule has 2 aromatic carbocycles. The molecular formula is C22H19F3O4. The Morgan fingerprint density at radius 3 is 2.14 bits per heavy atom. The van der Waals surface area contributed by atoms with E-state index in [1.165, 1.54) is 12.1 Å². The fourth-order valence-electron chi connectivity index (χ4n) is 3.26. The topological polar surface area (TPSA) is 59.7 Å². The zero-order chi connectivity index (χ0) is 21.3. The van der Waals surface area contributed by atoms with Crippen molar-refractivity contribution in [1.29, 1.82) is 0 Å². The molecule has 0 aliphatic carbocycles. The van der Waals surface area contributed by atoms with Gasteiger partial charge in [-0.1, -0.05) is 30.3 Å². The van der Waals surface area contributed by atoms with Gasteiger partial charge in [0.15, 0.2) is 6.61 Å². The van der Waals surface area contributed by atoms with Gasteiger partial charge in [-0.15, -0.1) is 0 Å². The van der Waals surface area contributed by atoms with Crippen LogP contribution in [0.3, 0.4) is 0 Å². The van der Waals surface area contributed by atoms with Crippen molar-refractivity contribution in [1.82, 2.24) is 0 Å². The van der Waals surface area contributed by atoms with Gasteiger partial charge in [-0.2, -0.15) is 13.2 Å². The molecule has 1 N–H and O–H groups in total. The fourth-order valence-corrected chi connectivity index (χ4v) is 3.26. The molecule has 3 rings (SSSR count). The lowest BCUT2D eigenvalue weighted by molar-refractivity contribution is -0.153. The lowest BCUT2D eigenvalue weighted by Gasteiger charge is -2.16.